The lowest BCUT2D eigenvalue weighted by atomic mass is 10.1. The summed E-state index contributed by atoms with van der Waals surface area (Å²) in [5.41, 5.74) is 0.140. The fraction of sp³-hybridized carbons (Fsp3) is 1.00. The molecular weight excluding hydrogens is 178 g/mol. The van der Waals surface area contributed by atoms with E-state index in [0.717, 1.165) is 19.6 Å². The van der Waals surface area contributed by atoms with Crippen molar-refractivity contribution in [2.24, 2.45) is 0 Å². The van der Waals surface area contributed by atoms with Crippen molar-refractivity contribution in [2.45, 2.75) is 45.8 Å². The van der Waals surface area contributed by atoms with Crippen molar-refractivity contribution in [3.8, 4) is 0 Å². The fourth-order valence-corrected chi connectivity index (χ4v) is 1.06. The predicted octanol–water partition coefficient (Wildman–Crippen LogP) is 1.82. The molecule has 0 heterocycles. The van der Waals surface area contributed by atoms with Crippen LogP contribution in [0.2, 0.25) is 0 Å². The molecule has 0 saturated carbocycles. The minimum Gasteiger partial charge on any atom is -0.382 e. The minimum absolute atomic E-state index is 0.140. The summed E-state index contributed by atoms with van der Waals surface area (Å²) in [6, 6.07) is 0. The molecule has 0 aliphatic rings. The van der Waals surface area contributed by atoms with Gasteiger partial charge in [0.05, 0.1) is 12.7 Å². The van der Waals surface area contributed by atoms with E-state index in [0.29, 0.717) is 6.61 Å². The lowest BCUT2D eigenvalue weighted by Crippen LogP contribution is -2.43. The van der Waals surface area contributed by atoms with Crippen LogP contribution in [0.15, 0.2) is 0 Å². The van der Waals surface area contributed by atoms with Crippen LogP contribution < -0.4 is 5.32 Å². The smallest absolute Gasteiger partial charge is 0.0932 e. The molecule has 0 aliphatic carbocycles. The Balaban J connectivity index is 3.72. The highest BCUT2D eigenvalue weighted by Crippen LogP contribution is 2.01. The summed E-state index contributed by atoms with van der Waals surface area (Å²) in [6.07, 6.45) is 1.22. The Hall–Kier alpha value is -0.120. The monoisotopic (exact) mass is 203 g/mol. The second-order valence-corrected chi connectivity index (χ2v) is 4.58. The molecule has 0 spiro atoms. The average Bonchev–Trinajstić information content (AvgIpc) is 2.08. The third-order valence-corrected chi connectivity index (χ3v) is 1.77. The lowest BCUT2D eigenvalue weighted by molar-refractivity contribution is -0.00345. The molecule has 0 rings (SSSR count). The van der Waals surface area contributed by atoms with Gasteiger partial charge in [-0.25, -0.2) is 0 Å². The summed E-state index contributed by atoms with van der Waals surface area (Å²) in [5.74, 6) is 0. The maximum atomic E-state index is 5.64. The highest BCUT2D eigenvalue weighted by atomic mass is 16.5. The zero-order chi connectivity index (χ0) is 11.0. The van der Waals surface area contributed by atoms with E-state index in [1.165, 1.54) is 0 Å². The molecule has 1 unspecified atom stereocenters. The van der Waals surface area contributed by atoms with E-state index in [-0.39, 0.29) is 11.6 Å². The van der Waals surface area contributed by atoms with Crippen molar-refractivity contribution in [1.29, 1.82) is 0 Å². The van der Waals surface area contributed by atoms with Gasteiger partial charge in [-0.05, 0) is 27.2 Å². The Kier molecular flexibility index (Phi) is 7.15. The van der Waals surface area contributed by atoms with Crippen molar-refractivity contribution in [3.05, 3.63) is 0 Å². The van der Waals surface area contributed by atoms with Crippen LogP contribution in [-0.4, -0.2) is 38.5 Å². The van der Waals surface area contributed by atoms with Crippen molar-refractivity contribution in [2.75, 3.05) is 26.9 Å². The van der Waals surface area contributed by atoms with Gasteiger partial charge >= 0.3 is 0 Å². The Bertz CT molecular complexity index is 132. The van der Waals surface area contributed by atoms with Crippen LogP contribution in [0.1, 0.15) is 34.1 Å². The number of hydrogen-bond donors (Lipinski definition) is 1. The first-order valence-corrected chi connectivity index (χ1v) is 5.35. The number of hydrogen-bond acceptors (Lipinski definition) is 3. The molecule has 1 N–H and O–H groups in total. The summed E-state index contributed by atoms with van der Waals surface area (Å²) in [4.78, 5) is 0. The molecule has 0 fully saturated rings. The van der Waals surface area contributed by atoms with E-state index >= 15 is 0 Å². The number of rotatable bonds is 7. The third-order valence-electron chi connectivity index (χ3n) is 1.77. The van der Waals surface area contributed by atoms with Gasteiger partial charge in [-0.2, -0.15) is 0 Å². The quantitative estimate of drug-likeness (QED) is 0.684. The van der Waals surface area contributed by atoms with E-state index in [1.54, 1.807) is 7.11 Å². The second-order valence-electron chi connectivity index (χ2n) is 4.58. The van der Waals surface area contributed by atoms with Gasteiger partial charge < -0.3 is 14.8 Å². The third kappa shape index (κ3) is 8.48. The molecule has 0 aliphatic heterocycles. The molecule has 0 saturated heterocycles. The van der Waals surface area contributed by atoms with E-state index < -0.39 is 0 Å². The number of methoxy groups -OCH3 is 1. The van der Waals surface area contributed by atoms with Gasteiger partial charge in [0.2, 0.25) is 0 Å². The highest BCUT2D eigenvalue weighted by Gasteiger charge is 2.14. The molecule has 0 aromatic carbocycles. The molecule has 0 radical (unpaired) electrons. The predicted molar refractivity (Wildman–Crippen MR) is 59.7 cm³/mol. The van der Waals surface area contributed by atoms with E-state index in [2.05, 4.69) is 33.0 Å². The molecule has 0 amide bonds. The van der Waals surface area contributed by atoms with Crippen LogP contribution in [0.25, 0.3) is 0 Å². The molecule has 3 heteroatoms. The van der Waals surface area contributed by atoms with Crippen LogP contribution in [0.4, 0.5) is 0 Å². The normalized spacial score (nSPS) is 14.4. The maximum absolute atomic E-state index is 5.64. The lowest BCUT2D eigenvalue weighted by Gasteiger charge is -2.25. The van der Waals surface area contributed by atoms with Crippen molar-refractivity contribution in [3.63, 3.8) is 0 Å². The largest absolute Gasteiger partial charge is 0.382 e. The van der Waals surface area contributed by atoms with Gasteiger partial charge in [0.1, 0.15) is 0 Å². The van der Waals surface area contributed by atoms with E-state index in [1.807, 2.05) is 0 Å². The fourth-order valence-electron chi connectivity index (χ4n) is 1.06. The topological polar surface area (TPSA) is 30.5 Å². The van der Waals surface area contributed by atoms with Gasteiger partial charge in [-0.3, -0.25) is 0 Å². The highest BCUT2D eigenvalue weighted by molar-refractivity contribution is 4.73. The van der Waals surface area contributed by atoms with Crippen molar-refractivity contribution >= 4 is 0 Å². The van der Waals surface area contributed by atoms with Gasteiger partial charge in [-0.15, -0.1) is 0 Å². The zero-order valence-corrected chi connectivity index (χ0v) is 10.2. The number of ether oxygens (including phenoxy) is 2. The van der Waals surface area contributed by atoms with Crippen molar-refractivity contribution < 1.29 is 9.47 Å². The first-order chi connectivity index (χ1) is 6.49. The van der Waals surface area contributed by atoms with E-state index in [9.17, 15) is 0 Å². The van der Waals surface area contributed by atoms with Gasteiger partial charge in [0.25, 0.3) is 0 Å². The standard InChI is InChI=1S/C11H25NO2/c1-6-7-14-10(9-13-5)8-12-11(2,3)4/h10,12H,6-9H2,1-5H3. The SMILES string of the molecule is CCCOC(CNC(C)(C)C)COC. The van der Waals surface area contributed by atoms with Crippen LogP contribution in [0.5, 0.6) is 0 Å². The molecule has 1 atom stereocenters. The Morgan fingerprint density at radius 2 is 1.93 bits per heavy atom. The van der Waals surface area contributed by atoms with Crippen LogP contribution in [-0.2, 0) is 9.47 Å². The summed E-state index contributed by atoms with van der Waals surface area (Å²) >= 11 is 0. The summed E-state index contributed by atoms with van der Waals surface area (Å²) in [6.45, 7) is 10.9. The van der Waals surface area contributed by atoms with Gasteiger partial charge in [-0.1, -0.05) is 6.92 Å². The summed E-state index contributed by atoms with van der Waals surface area (Å²) < 4.78 is 10.7. The molecule has 0 bridgehead atoms. The first kappa shape index (κ1) is 13.9. The molecule has 86 valence electrons. The Labute approximate surface area is 88.2 Å². The molecule has 3 nitrogen and oxygen atoms in total. The first-order valence-electron chi connectivity index (χ1n) is 5.35. The second kappa shape index (κ2) is 7.21. The van der Waals surface area contributed by atoms with Crippen LogP contribution >= 0.6 is 0 Å². The molecule has 14 heavy (non-hydrogen) atoms. The Morgan fingerprint density at radius 3 is 2.36 bits per heavy atom. The van der Waals surface area contributed by atoms with Gasteiger partial charge in [0, 0.05) is 25.8 Å². The van der Waals surface area contributed by atoms with Crippen LogP contribution in [0.3, 0.4) is 0 Å². The zero-order valence-electron chi connectivity index (χ0n) is 10.2. The van der Waals surface area contributed by atoms with Gasteiger partial charge in [0.15, 0.2) is 0 Å². The van der Waals surface area contributed by atoms with E-state index in [4.69, 9.17) is 9.47 Å². The summed E-state index contributed by atoms with van der Waals surface area (Å²) in [7, 11) is 1.71. The Morgan fingerprint density at radius 1 is 1.29 bits per heavy atom. The molecule has 0 aromatic heterocycles. The maximum Gasteiger partial charge on any atom is 0.0932 e. The summed E-state index contributed by atoms with van der Waals surface area (Å²) in [5, 5.41) is 3.41. The van der Waals surface area contributed by atoms with Crippen LogP contribution in [0, 0.1) is 0 Å². The average molecular weight is 203 g/mol. The minimum atomic E-state index is 0.140. The van der Waals surface area contributed by atoms with Crippen molar-refractivity contribution in [1.82, 2.24) is 5.32 Å². The molecule has 0 aromatic rings. The molecular formula is C11H25NO2. The number of nitrogens with one attached hydrogen (secondary N) is 1.